The number of piperidine rings is 1. The van der Waals surface area contributed by atoms with E-state index in [1.54, 1.807) is 0 Å². The summed E-state index contributed by atoms with van der Waals surface area (Å²) in [6.07, 6.45) is 9.37. The quantitative estimate of drug-likeness (QED) is 0.509. The second kappa shape index (κ2) is 11.6. The SMILES string of the molecule is CCc1cnc(N2CCC(CCCOc3cc(C)c(C(=O)NC(C)(C)CN)c(C)c3)CC2)nc1. The van der Waals surface area contributed by atoms with E-state index in [-0.39, 0.29) is 5.91 Å². The highest BCUT2D eigenvalue weighted by Crippen LogP contribution is 2.26. The maximum Gasteiger partial charge on any atom is 0.252 e. The summed E-state index contributed by atoms with van der Waals surface area (Å²) < 4.78 is 6.05. The average Bonchev–Trinajstić information content (AvgIpc) is 2.81. The monoisotopic (exact) mass is 467 g/mol. The number of rotatable bonds is 10. The number of aromatic nitrogens is 2. The summed E-state index contributed by atoms with van der Waals surface area (Å²) >= 11 is 0. The first kappa shape index (κ1) is 25.9. The highest BCUT2D eigenvalue weighted by molar-refractivity contribution is 5.97. The molecule has 2 heterocycles. The van der Waals surface area contributed by atoms with Gasteiger partial charge in [0.25, 0.3) is 5.91 Å². The molecule has 0 unspecified atom stereocenters. The predicted molar refractivity (Wildman–Crippen MR) is 138 cm³/mol. The number of nitrogens with one attached hydrogen (secondary N) is 1. The molecule has 3 N–H and O–H groups in total. The van der Waals surface area contributed by atoms with Crippen LogP contribution < -0.4 is 20.7 Å². The van der Waals surface area contributed by atoms with Crippen LogP contribution in [0.1, 0.15) is 73.5 Å². The molecule has 0 radical (unpaired) electrons. The number of benzene rings is 1. The first-order valence-electron chi connectivity index (χ1n) is 12.5. The maximum absolute atomic E-state index is 12.7. The maximum atomic E-state index is 12.7. The Morgan fingerprint density at radius 1 is 1.18 bits per heavy atom. The summed E-state index contributed by atoms with van der Waals surface area (Å²) in [7, 11) is 0. The number of hydrogen-bond acceptors (Lipinski definition) is 6. The zero-order valence-corrected chi connectivity index (χ0v) is 21.5. The molecule has 1 fully saturated rings. The second-order valence-electron chi connectivity index (χ2n) is 10.1. The largest absolute Gasteiger partial charge is 0.494 e. The molecule has 0 bridgehead atoms. The molecule has 1 saturated heterocycles. The van der Waals surface area contributed by atoms with Gasteiger partial charge in [-0.15, -0.1) is 0 Å². The molecule has 1 aliphatic heterocycles. The zero-order chi connectivity index (χ0) is 24.7. The lowest BCUT2D eigenvalue weighted by Gasteiger charge is -2.32. The normalized spacial score (nSPS) is 14.8. The van der Waals surface area contributed by atoms with Crippen molar-refractivity contribution in [3.63, 3.8) is 0 Å². The van der Waals surface area contributed by atoms with Crippen molar-refractivity contribution in [2.45, 2.75) is 72.3 Å². The van der Waals surface area contributed by atoms with Gasteiger partial charge in [0, 0.05) is 43.1 Å². The molecule has 1 aliphatic rings. The number of carbonyl (C=O) groups excluding carboxylic acids is 1. The van der Waals surface area contributed by atoms with E-state index in [0.717, 1.165) is 61.1 Å². The topological polar surface area (TPSA) is 93.4 Å². The average molecular weight is 468 g/mol. The van der Waals surface area contributed by atoms with Crippen LogP contribution in [-0.4, -0.2) is 47.7 Å². The smallest absolute Gasteiger partial charge is 0.252 e. The van der Waals surface area contributed by atoms with Gasteiger partial charge in [0.1, 0.15) is 5.75 Å². The third-order valence-corrected chi connectivity index (χ3v) is 6.72. The highest BCUT2D eigenvalue weighted by atomic mass is 16.5. The summed E-state index contributed by atoms with van der Waals surface area (Å²) in [5.74, 6) is 2.31. The van der Waals surface area contributed by atoms with Crippen LogP contribution in [0.25, 0.3) is 0 Å². The minimum Gasteiger partial charge on any atom is -0.494 e. The molecule has 0 atom stereocenters. The van der Waals surface area contributed by atoms with E-state index in [2.05, 4.69) is 27.1 Å². The Balaban J connectivity index is 1.43. The molecule has 0 aliphatic carbocycles. The molecule has 1 aromatic heterocycles. The van der Waals surface area contributed by atoms with Crippen LogP contribution in [0.2, 0.25) is 0 Å². The Labute approximate surface area is 204 Å². The summed E-state index contributed by atoms with van der Waals surface area (Å²) in [6, 6.07) is 3.92. The summed E-state index contributed by atoms with van der Waals surface area (Å²) in [4.78, 5) is 24.1. The summed E-state index contributed by atoms with van der Waals surface area (Å²) in [6.45, 7) is 13.0. The molecule has 34 heavy (non-hydrogen) atoms. The second-order valence-corrected chi connectivity index (χ2v) is 10.1. The van der Waals surface area contributed by atoms with Crippen molar-refractivity contribution >= 4 is 11.9 Å². The number of hydrogen-bond donors (Lipinski definition) is 2. The molecule has 2 aromatic rings. The van der Waals surface area contributed by atoms with Crippen LogP contribution >= 0.6 is 0 Å². The van der Waals surface area contributed by atoms with Crippen molar-refractivity contribution in [2.24, 2.45) is 11.7 Å². The zero-order valence-electron chi connectivity index (χ0n) is 21.5. The minimum atomic E-state index is -0.437. The molecular formula is C27H41N5O2. The fourth-order valence-corrected chi connectivity index (χ4v) is 4.46. The van der Waals surface area contributed by atoms with Gasteiger partial charge < -0.3 is 20.7 Å². The van der Waals surface area contributed by atoms with Crippen molar-refractivity contribution in [1.82, 2.24) is 15.3 Å². The van der Waals surface area contributed by atoms with Crippen LogP contribution in [0.5, 0.6) is 5.75 Å². The van der Waals surface area contributed by atoms with E-state index in [0.29, 0.717) is 18.7 Å². The number of anilines is 1. The molecule has 3 rings (SSSR count). The molecule has 0 spiro atoms. The van der Waals surface area contributed by atoms with E-state index in [1.165, 1.54) is 18.4 Å². The fraction of sp³-hybridized carbons (Fsp3) is 0.593. The van der Waals surface area contributed by atoms with Gasteiger partial charge in [-0.2, -0.15) is 0 Å². The molecule has 1 amide bonds. The summed E-state index contributed by atoms with van der Waals surface area (Å²) in [5, 5.41) is 3.01. The van der Waals surface area contributed by atoms with E-state index in [1.807, 2.05) is 52.2 Å². The van der Waals surface area contributed by atoms with Crippen molar-refractivity contribution in [1.29, 1.82) is 0 Å². The van der Waals surface area contributed by atoms with Crippen LogP contribution in [0.15, 0.2) is 24.5 Å². The van der Waals surface area contributed by atoms with Crippen molar-refractivity contribution in [2.75, 3.05) is 31.1 Å². The number of carbonyl (C=O) groups is 1. The van der Waals surface area contributed by atoms with E-state index < -0.39 is 5.54 Å². The Kier molecular flexibility index (Phi) is 8.89. The van der Waals surface area contributed by atoms with Crippen molar-refractivity contribution in [3.8, 4) is 5.75 Å². The van der Waals surface area contributed by atoms with Gasteiger partial charge in [0.2, 0.25) is 5.95 Å². The standard InChI is InChI=1S/C27H41N5O2/c1-6-21-16-29-26(30-17-21)32-11-9-22(10-12-32)8-7-13-34-23-14-19(2)24(20(3)15-23)25(33)31-27(4,5)18-28/h14-17,22H,6-13,18,28H2,1-5H3,(H,31,33). The molecule has 0 saturated carbocycles. The van der Waals surface area contributed by atoms with E-state index >= 15 is 0 Å². The first-order chi connectivity index (χ1) is 16.2. The number of amides is 1. The lowest BCUT2D eigenvalue weighted by Crippen LogP contribution is -2.49. The van der Waals surface area contributed by atoms with E-state index in [9.17, 15) is 4.79 Å². The molecule has 7 heteroatoms. The minimum absolute atomic E-state index is 0.0879. The number of ether oxygens (including phenoxy) is 1. The molecular weight excluding hydrogens is 426 g/mol. The Morgan fingerprint density at radius 2 is 1.79 bits per heavy atom. The van der Waals surface area contributed by atoms with Gasteiger partial charge in [0.15, 0.2) is 0 Å². The summed E-state index contributed by atoms with van der Waals surface area (Å²) in [5.41, 5.74) is 9.04. The van der Waals surface area contributed by atoms with Gasteiger partial charge in [-0.05, 0) is 94.5 Å². The first-order valence-corrected chi connectivity index (χ1v) is 12.5. The Hall–Kier alpha value is -2.67. The van der Waals surface area contributed by atoms with Crippen LogP contribution in [0.4, 0.5) is 5.95 Å². The van der Waals surface area contributed by atoms with Crippen LogP contribution in [0.3, 0.4) is 0 Å². The van der Waals surface area contributed by atoms with Gasteiger partial charge >= 0.3 is 0 Å². The lowest BCUT2D eigenvalue weighted by atomic mass is 9.92. The molecule has 1 aromatic carbocycles. The molecule has 186 valence electrons. The number of nitrogens with zero attached hydrogens (tertiary/aromatic N) is 3. The number of nitrogens with two attached hydrogens (primary N) is 1. The number of aryl methyl sites for hydroxylation is 3. The van der Waals surface area contributed by atoms with Gasteiger partial charge in [-0.1, -0.05) is 6.92 Å². The van der Waals surface area contributed by atoms with Crippen LogP contribution in [-0.2, 0) is 6.42 Å². The Bertz CT molecular complexity index is 927. The van der Waals surface area contributed by atoms with Crippen molar-refractivity contribution in [3.05, 3.63) is 46.8 Å². The Morgan fingerprint density at radius 3 is 2.35 bits per heavy atom. The fourth-order valence-electron chi connectivity index (χ4n) is 4.46. The van der Waals surface area contributed by atoms with Crippen LogP contribution in [0, 0.1) is 19.8 Å². The van der Waals surface area contributed by atoms with Gasteiger partial charge in [0.05, 0.1) is 6.61 Å². The third kappa shape index (κ3) is 6.92. The van der Waals surface area contributed by atoms with Gasteiger partial charge in [-0.3, -0.25) is 4.79 Å². The lowest BCUT2D eigenvalue weighted by molar-refractivity contribution is 0.0914. The third-order valence-electron chi connectivity index (χ3n) is 6.72. The molecule has 7 nitrogen and oxygen atoms in total. The van der Waals surface area contributed by atoms with E-state index in [4.69, 9.17) is 10.5 Å². The van der Waals surface area contributed by atoms with Crippen molar-refractivity contribution < 1.29 is 9.53 Å². The predicted octanol–water partition coefficient (Wildman–Crippen LogP) is 4.20. The highest BCUT2D eigenvalue weighted by Gasteiger charge is 2.23. The van der Waals surface area contributed by atoms with Gasteiger partial charge in [-0.25, -0.2) is 9.97 Å².